The number of carbonyl (C=O) groups is 1. The number of H-pyrrole nitrogens is 1. The third-order valence-electron chi connectivity index (χ3n) is 9.21. The Labute approximate surface area is 256 Å². The molecule has 2 aromatic carbocycles. The van der Waals surface area contributed by atoms with E-state index < -0.39 is 0 Å². The summed E-state index contributed by atoms with van der Waals surface area (Å²) in [5.74, 6) is -0.173. The lowest BCUT2D eigenvalue weighted by Crippen LogP contribution is -2.46. The minimum atomic E-state index is -0.173. The number of ether oxygens (including phenoxy) is 1. The monoisotopic (exact) mass is 585 g/mol. The number of amides is 1. The molecule has 2 fully saturated rings. The largest absolute Gasteiger partial charge is 0.381 e. The van der Waals surface area contributed by atoms with Crippen molar-refractivity contribution in [3.63, 3.8) is 0 Å². The van der Waals surface area contributed by atoms with Gasteiger partial charge in [-0.05, 0) is 99.7 Å². The average molecular weight is 586 g/mol. The summed E-state index contributed by atoms with van der Waals surface area (Å²) in [5, 5.41) is 3.05. The number of aromatic nitrogens is 1. The highest BCUT2D eigenvalue weighted by molar-refractivity contribution is 5.99. The third-order valence-corrected chi connectivity index (χ3v) is 9.21. The molecule has 0 unspecified atom stereocenters. The van der Waals surface area contributed by atoms with Gasteiger partial charge in [0.15, 0.2) is 0 Å². The number of pyridine rings is 1. The van der Waals surface area contributed by atoms with E-state index in [4.69, 9.17) is 4.74 Å². The van der Waals surface area contributed by atoms with Crippen molar-refractivity contribution in [2.75, 3.05) is 62.3 Å². The van der Waals surface area contributed by atoms with Gasteiger partial charge >= 0.3 is 0 Å². The first kappa shape index (κ1) is 30.8. The Bertz CT molecular complexity index is 1470. The van der Waals surface area contributed by atoms with Gasteiger partial charge in [0.25, 0.3) is 11.5 Å². The van der Waals surface area contributed by atoms with E-state index in [-0.39, 0.29) is 18.0 Å². The van der Waals surface area contributed by atoms with E-state index in [1.807, 2.05) is 32.9 Å². The van der Waals surface area contributed by atoms with Crippen molar-refractivity contribution < 1.29 is 9.53 Å². The van der Waals surface area contributed by atoms with Gasteiger partial charge in [0.2, 0.25) is 0 Å². The second-order valence-electron chi connectivity index (χ2n) is 11.9. The average Bonchev–Trinajstić information content (AvgIpc) is 3.02. The van der Waals surface area contributed by atoms with Crippen molar-refractivity contribution in [3.05, 3.63) is 80.8 Å². The second kappa shape index (κ2) is 13.8. The predicted octanol–water partition coefficient (Wildman–Crippen LogP) is 5.04. The molecule has 2 aliphatic rings. The molecule has 5 rings (SSSR count). The van der Waals surface area contributed by atoms with Crippen molar-refractivity contribution >= 4 is 17.3 Å². The van der Waals surface area contributed by atoms with Gasteiger partial charge in [0, 0.05) is 86.7 Å². The van der Waals surface area contributed by atoms with E-state index in [1.165, 1.54) is 5.69 Å². The van der Waals surface area contributed by atoms with E-state index in [0.717, 1.165) is 99.0 Å². The molecule has 3 aromatic rings. The molecule has 0 atom stereocenters. The maximum Gasteiger partial charge on any atom is 0.253 e. The first-order chi connectivity index (χ1) is 20.8. The Morgan fingerprint density at radius 1 is 0.977 bits per heavy atom. The van der Waals surface area contributed by atoms with Crippen LogP contribution in [0.3, 0.4) is 0 Å². The van der Waals surface area contributed by atoms with Gasteiger partial charge in [-0.3, -0.25) is 9.59 Å². The molecule has 230 valence electrons. The lowest BCUT2D eigenvalue weighted by atomic mass is 9.95. The number of aryl methyl sites for hydroxylation is 2. The maximum atomic E-state index is 13.8. The Kier molecular flexibility index (Phi) is 9.88. The summed E-state index contributed by atoms with van der Waals surface area (Å²) in [6, 6.07) is 15.3. The number of nitrogens with one attached hydrogen (secondary N) is 2. The molecule has 8 heteroatoms. The number of piperazine rings is 1. The molecular weight excluding hydrogens is 538 g/mol. The summed E-state index contributed by atoms with van der Waals surface area (Å²) >= 11 is 0. The highest BCUT2D eigenvalue weighted by atomic mass is 16.5. The van der Waals surface area contributed by atoms with Crippen molar-refractivity contribution in [2.24, 2.45) is 0 Å². The summed E-state index contributed by atoms with van der Waals surface area (Å²) in [4.78, 5) is 36.6. The zero-order valence-electron chi connectivity index (χ0n) is 26.5. The summed E-state index contributed by atoms with van der Waals surface area (Å²) in [6.45, 7) is 18.1. The summed E-state index contributed by atoms with van der Waals surface area (Å²) in [5.41, 5.74) is 8.13. The summed E-state index contributed by atoms with van der Waals surface area (Å²) in [7, 11) is 0. The van der Waals surface area contributed by atoms with Gasteiger partial charge in [0.1, 0.15) is 0 Å². The number of carbonyl (C=O) groups excluding carboxylic acids is 1. The molecule has 2 N–H and O–H groups in total. The van der Waals surface area contributed by atoms with Crippen molar-refractivity contribution in [2.45, 2.75) is 60.0 Å². The maximum absolute atomic E-state index is 13.8. The van der Waals surface area contributed by atoms with Crippen LogP contribution in [0, 0.1) is 20.8 Å². The van der Waals surface area contributed by atoms with Crippen LogP contribution < -0.4 is 20.7 Å². The molecule has 0 spiro atoms. The van der Waals surface area contributed by atoms with Crippen LogP contribution in [0.25, 0.3) is 11.1 Å². The van der Waals surface area contributed by atoms with E-state index in [2.05, 4.69) is 69.2 Å². The summed E-state index contributed by atoms with van der Waals surface area (Å²) < 4.78 is 5.66. The number of anilines is 2. The van der Waals surface area contributed by atoms with Crippen LogP contribution in [0.4, 0.5) is 11.4 Å². The van der Waals surface area contributed by atoms with Crippen LogP contribution in [0.15, 0.2) is 47.3 Å². The minimum absolute atomic E-state index is 0.156. The van der Waals surface area contributed by atoms with Gasteiger partial charge in [-0.1, -0.05) is 19.1 Å². The van der Waals surface area contributed by atoms with Gasteiger partial charge < -0.3 is 29.7 Å². The number of aromatic amines is 1. The SMILES string of the molecule is CCN1CCN(c2ccc(-c3cc(C(=O)NCc4c(C)cc(C)[nH]c4=O)c(C)c(N(CC)C4CCOCC4)c3)cc2)CC1. The molecule has 0 bridgehead atoms. The van der Waals surface area contributed by atoms with Crippen molar-refractivity contribution in [1.29, 1.82) is 0 Å². The quantitative estimate of drug-likeness (QED) is 0.366. The molecule has 0 saturated carbocycles. The molecule has 0 aliphatic carbocycles. The van der Waals surface area contributed by atoms with Crippen LogP contribution in [0.1, 0.15) is 59.4 Å². The molecule has 1 amide bonds. The molecule has 1 aromatic heterocycles. The van der Waals surface area contributed by atoms with Crippen LogP contribution in [-0.2, 0) is 11.3 Å². The highest BCUT2D eigenvalue weighted by Crippen LogP contribution is 2.34. The molecule has 43 heavy (non-hydrogen) atoms. The Morgan fingerprint density at radius 3 is 2.30 bits per heavy atom. The van der Waals surface area contributed by atoms with Gasteiger partial charge in [-0.15, -0.1) is 0 Å². The van der Waals surface area contributed by atoms with Crippen molar-refractivity contribution in [1.82, 2.24) is 15.2 Å². The van der Waals surface area contributed by atoms with Gasteiger partial charge in [-0.25, -0.2) is 0 Å². The van der Waals surface area contributed by atoms with E-state index in [0.29, 0.717) is 17.2 Å². The fraction of sp³-hybridized carbons (Fsp3) is 0.486. The van der Waals surface area contributed by atoms with E-state index in [1.54, 1.807) is 0 Å². The van der Waals surface area contributed by atoms with E-state index >= 15 is 0 Å². The Hall–Kier alpha value is -3.62. The molecule has 0 radical (unpaired) electrons. The minimum Gasteiger partial charge on any atom is -0.381 e. The zero-order valence-corrected chi connectivity index (χ0v) is 26.5. The molecule has 8 nitrogen and oxygen atoms in total. The first-order valence-corrected chi connectivity index (χ1v) is 15.8. The topological polar surface area (TPSA) is 80.9 Å². The van der Waals surface area contributed by atoms with Crippen LogP contribution >= 0.6 is 0 Å². The second-order valence-corrected chi connectivity index (χ2v) is 11.9. The Morgan fingerprint density at radius 2 is 1.67 bits per heavy atom. The predicted molar refractivity (Wildman–Crippen MR) is 176 cm³/mol. The van der Waals surface area contributed by atoms with Crippen molar-refractivity contribution in [3.8, 4) is 11.1 Å². The highest BCUT2D eigenvalue weighted by Gasteiger charge is 2.25. The van der Waals surface area contributed by atoms with Gasteiger partial charge in [-0.2, -0.15) is 0 Å². The number of hydrogen-bond acceptors (Lipinski definition) is 6. The fourth-order valence-corrected chi connectivity index (χ4v) is 6.57. The lowest BCUT2D eigenvalue weighted by molar-refractivity contribution is 0.0846. The standard InChI is InChI=1S/C35H47N5O3/c1-6-38-14-16-39(17-15-38)29-10-8-27(9-11-29)28-21-31(34(41)36-23-32-24(3)20-25(4)37-35(32)42)26(5)33(22-28)40(7-2)30-12-18-43-19-13-30/h8-11,20-22,30H,6-7,12-19,23H2,1-5H3,(H,36,41)(H,37,42). The van der Waals surface area contributed by atoms with Crippen LogP contribution in [0.5, 0.6) is 0 Å². The van der Waals surface area contributed by atoms with E-state index in [9.17, 15) is 9.59 Å². The third kappa shape index (κ3) is 6.97. The van der Waals surface area contributed by atoms with Gasteiger partial charge in [0.05, 0.1) is 0 Å². The lowest BCUT2D eigenvalue weighted by Gasteiger charge is -2.37. The van der Waals surface area contributed by atoms with Crippen LogP contribution in [-0.4, -0.2) is 74.3 Å². The normalized spacial score (nSPS) is 16.3. The smallest absolute Gasteiger partial charge is 0.253 e. The number of nitrogens with zero attached hydrogens (tertiary/aromatic N) is 3. The molecular formula is C35H47N5O3. The summed E-state index contributed by atoms with van der Waals surface area (Å²) in [6.07, 6.45) is 1.93. The molecule has 2 saturated heterocycles. The molecule has 3 heterocycles. The van der Waals surface area contributed by atoms with Crippen LogP contribution in [0.2, 0.25) is 0 Å². The number of likely N-dealkylation sites (N-methyl/N-ethyl adjacent to an activating group) is 1. The Balaban J connectivity index is 1.47. The number of benzene rings is 2. The number of rotatable bonds is 9. The number of hydrogen-bond donors (Lipinski definition) is 2. The zero-order chi connectivity index (χ0) is 30.5. The molecule has 2 aliphatic heterocycles. The first-order valence-electron chi connectivity index (χ1n) is 15.8. The fourth-order valence-electron chi connectivity index (χ4n) is 6.57.